The highest BCUT2D eigenvalue weighted by Crippen LogP contribution is 2.19. The van der Waals surface area contributed by atoms with Gasteiger partial charge in [-0.25, -0.2) is 4.79 Å². The van der Waals surface area contributed by atoms with Gasteiger partial charge in [-0.3, -0.25) is 4.90 Å². The number of anilines is 1. The van der Waals surface area contributed by atoms with E-state index in [4.69, 9.17) is 5.11 Å². The van der Waals surface area contributed by atoms with Gasteiger partial charge >= 0.3 is 6.09 Å². The van der Waals surface area contributed by atoms with E-state index in [1.54, 1.807) is 12.1 Å². The molecular weight excluding hydrogens is 178 g/mol. The summed E-state index contributed by atoms with van der Waals surface area (Å²) in [4.78, 5) is 12.2. The van der Waals surface area contributed by atoms with Crippen LogP contribution in [0.4, 0.5) is 10.5 Å². The van der Waals surface area contributed by atoms with Crippen LogP contribution in [-0.2, 0) is 0 Å². The highest BCUT2D eigenvalue weighted by molar-refractivity contribution is 5.87. The second kappa shape index (κ2) is 4.46. The van der Waals surface area contributed by atoms with Crippen molar-refractivity contribution in [3.63, 3.8) is 0 Å². The maximum absolute atomic E-state index is 10.9. The Hall–Kier alpha value is -1.77. The molecule has 0 spiro atoms. The Labute approximate surface area is 83.3 Å². The van der Waals surface area contributed by atoms with E-state index in [0.717, 1.165) is 5.56 Å². The molecule has 1 amide bonds. The molecule has 0 atom stereocenters. The molecule has 3 nitrogen and oxygen atoms in total. The Morgan fingerprint density at radius 2 is 2.21 bits per heavy atom. The molecule has 0 aromatic heterocycles. The van der Waals surface area contributed by atoms with E-state index in [1.807, 2.05) is 25.1 Å². The van der Waals surface area contributed by atoms with Crippen LogP contribution in [0.15, 0.2) is 36.9 Å². The molecule has 0 saturated heterocycles. The highest BCUT2D eigenvalue weighted by atomic mass is 16.4. The van der Waals surface area contributed by atoms with E-state index in [-0.39, 0.29) is 0 Å². The summed E-state index contributed by atoms with van der Waals surface area (Å²) >= 11 is 0. The third kappa shape index (κ3) is 2.13. The third-order valence-corrected chi connectivity index (χ3v) is 1.95. The minimum atomic E-state index is -0.959. The van der Waals surface area contributed by atoms with Gasteiger partial charge in [0.1, 0.15) is 0 Å². The van der Waals surface area contributed by atoms with E-state index >= 15 is 0 Å². The van der Waals surface area contributed by atoms with Gasteiger partial charge in [0.25, 0.3) is 0 Å². The van der Waals surface area contributed by atoms with Crippen molar-refractivity contribution in [3.8, 4) is 0 Å². The first-order valence-corrected chi connectivity index (χ1v) is 4.34. The van der Waals surface area contributed by atoms with Crippen molar-refractivity contribution in [2.24, 2.45) is 0 Å². The van der Waals surface area contributed by atoms with Gasteiger partial charge in [0.2, 0.25) is 0 Å². The predicted molar refractivity (Wildman–Crippen MR) is 56.7 cm³/mol. The summed E-state index contributed by atoms with van der Waals surface area (Å²) < 4.78 is 0. The maximum atomic E-state index is 10.9. The number of carboxylic acid groups (broad SMARTS) is 1. The van der Waals surface area contributed by atoms with Crippen molar-refractivity contribution in [2.75, 3.05) is 11.4 Å². The van der Waals surface area contributed by atoms with Gasteiger partial charge in [0, 0.05) is 6.54 Å². The van der Waals surface area contributed by atoms with Crippen LogP contribution in [0.3, 0.4) is 0 Å². The fraction of sp³-hybridized carbons (Fsp3) is 0.182. The lowest BCUT2D eigenvalue weighted by Gasteiger charge is -2.19. The summed E-state index contributed by atoms with van der Waals surface area (Å²) in [7, 11) is 0. The molecule has 0 bridgehead atoms. The summed E-state index contributed by atoms with van der Waals surface area (Å²) in [5.74, 6) is 0. The quantitative estimate of drug-likeness (QED) is 0.746. The summed E-state index contributed by atoms with van der Waals surface area (Å²) in [6.45, 7) is 5.72. The normalized spacial score (nSPS) is 9.50. The van der Waals surface area contributed by atoms with E-state index in [0.29, 0.717) is 12.2 Å². The largest absolute Gasteiger partial charge is 0.465 e. The molecule has 0 radical (unpaired) electrons. The van der Waals surface area contributed by atoms with Crippen molar-refractivity contribution >= 4 is 11.8 Å². The molecule has 0 heterocycles. The average molecular weight is 191 g/mol. The van der Waals surface area contributed by atoms with Gasteiger partial charge in [-0.15, -0.1) is 6.58 Å². The van der Waals surface area contributed by atoms with Crippen LogP contribution in [0.1, 0.15) is 5.56 Å². The lowest BCUT2D eigenvalue weighted by Crippen LogP contribution is -2.29. The monoisotopic (exact) mass is 191 g/mol. The van der Waals surface area contributed by atoms with E-state index in [9.17, 15) is 4.79 Å². The zero-order chi connectivity index (χ0) is 10.6. The molecule has 0 aliphatic rings. The number of hydrogen-bond acceptors (Lipinski definition) is 1. The maximum Gasteiger partial charge on any atom is 0.412 e. The van der Waals surface area contributed by atoms with Crippen LogP contribution < -0.4 is 4.90 Å². The summed E-state index contributed by atoms with van der Waals surface area (Å²) in [5, 5.41) is 8.96. The van der Waals surface area contributed by atoms with Gasteiger partial charge in [-0.2, -0.15) is 0 Å². The Bertz CT molecular complexity index is 347. The molecule has 0 aliphatic heterocycles. The first kappa shape index (κ1) is 10.3. The van der Waals surface area contributed by atoms with Crippen LogP contribution in [0.2, 0.25) is 0 Å². The summed E-state index contributed by atoms with van der Waals surface area (Å²) in [5.41, 5.74) is 1.65. The van der Waals surface area contributed by atoms with Crippen LogP contribution in [0.5, 0.6) is 0 Å². The molecule has 1 N–H and O–H groups in total. The van der Waals surface area contributed by atoms with Gasteiger partial charge in [-0.1, -0.05) is 24.3 Å². The number of rotatable bonds is 3. The molecule has 0 saturated carbocycles. The number of benzene rings is 1. The Morgan fingerprint density at radius 1 is 1.57 bits per heavy atom. The van der Waals surface area contributed by atoms with Crippen LogP contribution in [0, 0.1) is 6.92 Å². The molecule has 0 unspecified atom stereocenters. The minimum absolute atomic E-state index is 0.306. The lowest BCUT2D eigenvalue weighted by atomic mass is 10.2. The Kier molecular flexibility index (Phi) is 3.29. The summed E-state index contributed by atoms with van der Waals surface area (Å²) in [6, 6.07) is 7.37. The molecule has 1 aromatic rings. The second-order valence-electron chi connectivity index (χ2n) is 2.97. The Morgan fingerprint density at radius 3 is 2.71 bits per heavy atom. The molecule has 14 heavy (non-hydrogen) atoms. The number of nitrogens with zero attached hydrogens (tertiary/aromatic N) is 1. The molecular formula is C11H13NO2. The van der Waals surface area contributed by atoms with Crippen molar-refractivity contribution in [1.29, 1.82) is 0 Å². The SMILES string of the molecule is C=CCN(C(=O)O)c1ccccc1C. The van der Waals surface area contributed by atoms with E-state index in [1.165, 1.54) is 4.90 Å². The first-order valence-electron chi connectivity index (χ1n) is 4.34. The number of para-hydroxylation sites is 1. The average Bonchev–Trinajstić information content (AvgIpc) is 2.15. The highest BCUT2D eigenvalue weighted by Gasteiger charge is 2.13. The fourth-order valence-corrected chi connectivity index (χ4v) is 1.27. The number of carbonyl (C=O) groups is 1. The zero-order valence-electron chi connectivity index (χ0n) is 8.10. The fourth-order valence-electron chi connectivity index (χ4n) is 1.27. The minimum Gasteiger partial charge on any atom is -0.465 e. The smallest absolute Gasteiger partial charge is 0.412 e. The lowest BCUT2D eigenvalue weighted by molar-refractivity contribution is 0.202. The predicted octanol–water partition coefficient (Wildman–Crippen LogP) is 2.67. The van der Waals surface area contributed by atoms with Crippen LogP contribution in [-0.4, -0.2) is 17.7 Å². The van der Waals surface area contributed by atoms with Crippen molar-refractivity contribution in [1.82, 2.24) is 0 Å². The van der Waals surface area contributed by atoms with Crippen LogP contribution in [0.25, 0.3) is 0 Å². The van der Waals surface area contributed by atoms with Crippen molar-refractivity contribution < 1.29 is 9.90 Å². The van der Waals surface area contributed by atoms with Crippen molar-refractivity contribution in [3.05, 3.63) is 42.5 Å². The number of aryl methyl sites for hydroxylation is 1. The summed E-state index contributed by atoms with van der Waals surface area (Å²) in [6.07, 6.45) is 0.611. The molecule has 1 rings (SSSR count). The first-order chi connectivity index (χ1) is 6.66. The van der Waals surface area contributed by atoms with Crippen molar-refractivity contribution in [2.45, 2.75) is 6.92 Å². The van der Waals surface area contributed by atoms with Crippen LogP contribution >= 0.6 is 0 Å². The Balaban J connectivity index is 3.04. The van der Waals surface area contributed by atoms with Gasteiger partial charge in [0.05, 0.1) is 5.69 Å². The number of amides is 1. The molecule has 0 aliphatic carbocycles. The standard InChI is InChI=1S/C11H13NO2/c1-3-8-12(11(13)14)10-7-5-4-6-9(10)2/h3-7H,1,8H2,2H3,(H,13,14). The zero-order valence-corrected chi connectivity index (χ0v) is 8.10. The van der Waals surface area contributed by atoms with Gasteiger partial charge < -0.3 is 5.11 Å². The van der Waals surface area contributed by atoms with E-state index < -0.39 is 6.09 Å². The molecule has 74 valence electrons. The molecule has 3 heteroatoms. The molecule has 1 aromatic carbocycles. The van der Waals surface area contributed by atoms with Gasteiger partial charge in [0.15, 0.2) is 0 Å². The topological polar surface area (TPSA) is 40.5 Å². The van der Waals surface area contributed by atoms with E-state index in [2.05, 4.69) is 6.58 Å². The second-order valence-corrected chi connectivity index (χ2v) is 2.97. The molecule has 0 fully saturated rings. The number of hydrogen-bond donors (Lipinski definition) is 1. The van der Waals surface area contributed by atoms with Gasteiger partial charge in [-0.05, 0) is 18.6 Å². The third-order valence-electron chi connectivity index (χ3n) is 1.95.